The fourth-order valence-electron chi connectivity index (χ4n) is 2.16. The molecule has 1 N–H and O–H groups in total. The van der Waals surface area contributed by atoms with Gasteiger partial charge in [0.15, 0.2) is 0 Å². The Bertz CT molecular complexity index is 557. The maximum absolute atomic E-state index is 14.0. The van der Waals surface area contributed by atoms with Crippen LogP contribution in [0.15, 0.2) is 29.6 Å². The van der Waals surface area contributed by atoms with E-state index in [0.717, 1.165) is 12.5 Å². The number of hydrogen-bond acceptors (Lipinski definition) is 2. The third kappa shape index (κ3) is 3.78. The van der Waals surface area contributed by atoms with E-state index in [0.29, 0.717) is 18.5 Å². The van der Waals surface area contributed by atoms with E-state index in [1.54, 1.807) is 11.3 Å². The van der Waals surface area contributed by atoms with E-state index in [-0.39, 0.29) is 11.1 Å². The van der Waals surface area contributed by atoms with Crippen LogP contribution in [0.2, 0.25) is 5.02 Å². The number of thiophene rings is 1. The molecule has 2 rings (SSSR count). The molecular weight excluding hydrogens is 300 g/mol. The van der Waals surface area contributed by atoms with Crippen molar-refractivity contribution < 1.29 is 8.78 Å². The van der Waals surface area contributed by atoms with E-state index in [2.05, 4.69) is 5.32 Å². The summed E-state index contributed by atoms with van der Waals surface area (Å²) in [6.45, 7) is 2.64. The third-order valence-corrected chi connectivity index (χ3v) is 4.35. The highest BCUT2D eigenvalue weighted by atomic mass is 35.5. The van der Waals surface area contributed by atoms with Gasteiger partial charge < -0.3 is 5.32 Å². The minimum absolute atomic E-state index is 0.181. The van der Waals surface area contributed by atoms with Crippen LogP contribution in [0.5, 0.6) is 0 Å². The average Bonchev–Trinajstić information content (AvgIpc) is 2.92. The lowest BCUT2D eigenvalue weighted by Gasteiger charge is -2.19. The highest BCUT2D eigenvalue weighted by Gasteiger charge is 2.17. The molecule has 0 aliphatic carbocycles. The Kier molecular flexibility index (Phi) is 5.52. The first-order valence-electron chi connectivity index (χ1n) is 6.52. The van der Waals surface area contributed by atoms with Gasteiger partial charge in [0, 0.05) is 16.5 Å². The van der Waals surface area contributed by atoms with E-state index in [4.69, 9.17) is 11.6 Å². The van der Waals surface area contributed by atoms with Crippen molar-refractivity contribution >= 4 is 22.9 Å². The van der Waals surface area contributed by atoms with Crippen molar-refractivity contribution in [2.75, 3.05) is 6.54 Å². The van der Waals surface area contributed by atoms with Gasteiger partial charge in [-0.05, 0) is 43.0 Å². The summed E-state index contributed by atoms with van der Waals surface area (Å²) in [6.07, 6.45) is 1.55. The quantitative estimate of drug-likeness (QED) is 0.743. The Hall–Kier alpha value is -0.970. The molecule has 1 nitrogen and oxygen atoms in total. The van der Waals surface area contributed by atoms with Gasteiger partial charge in [-0.1, -0.05) is 24.6 Å². The number of aryl methyl sites for hydroxylation is 1. The molecule has 0 bridgehead atoms. The summed E-state index contributed by atoms with van der Waals surface area (Å²) < 4.78 is 27.5. The Morgan fingerprint density at radius 3 is 2.75 bits per heavy atom. The first-order valence-corrected chi connectivity index (χ1v) is 7.77. The van der Waals surface area contributed by atoms with E-state index in [1.165, 1.54) is 10.9 Å². The fourth-order valence-corrected chi connectivity index (χ4v) is 3.04. The maximum Gasteiger partial charge on any atom is 0.142 e. The van der Waals surface area contributed by atoms with Crippen LogP contribution >= 0.6 is 22.9 Å². The van der Waals surface area contributed by atoms with Crippen LogP contribution in [0.1, 0.15) is 29.8 Å². The van der Waals surface area contributed by atoms with Gasteiger partial charge in [0.1, 0.15) is 11.6 Å². The molecule has 0 fully saturated rings. The Morgan fingerprint density at radius 2 is 2.10 bits per heavy atom. The maximum atomic E-state index is 14.0. The summed E-state index contributed by atoms with van der Waals surface area (Å²) in [4.78, 5) is 1.24. The molecule has 0 saturated heterocycles. The average molecular weight is 316 g/mol. The highest BCUT2D eigenvalue weighted by molar-refractivity contribution is 7.09. The van der Waals surface area contributed by atoms with Gasteiger partial charge in [0.2, 0.25) is 0 Å². The van der Waals surface area contributed by atoms with Gasteiger partial charge in [-0.25, -0.2) is 8.78 Å². The predicted molar refractivity (Wildman–Crippen MR) is 80.4 cm³/mol. The molecule has 0 aliphatic heterocycles. The molecule has 1 aromatic carbocycles. The van der Waals surface area contributed by atoms with Crippen molar-refractivity contribution in [1.29, 1.82) is 0 Å². The van der Waals surface area contributed by atoms with Crippen molar-refractivity contribution in [3.8, 4) is 0 Å². The molecule has 5 heteroatoms. The molecule has 2 aromatic rings. The summed E-state index contributed by atoms with van der Waals surface area (Å²) >= 11 is 7.26. The Balaban J connectivity index is 2.17. The van der Waals surface area contributed by atoms with E-state index < -0.39 is 11.6 Å². The van der Waals surface area contributed by atoms with Gasteiger partial charge in [-0.2, -0.15) is 0 Å². The zero-order valence-electron chi connectivity index (χ0n) is 11.1. The zero-order chi connectivity index (χ0) is 14.5. The molecule has 108 valence electrons. The van der Waals surface area contributed by atoms with Crippen LogP contribution in [-0.4, -0.2) is 6.54 Å². The second kappa shape index (κ2) is 7.16. The molecule has 0 radical (unpaired) electrons. The smallest absolute Gasteiger partial charge is 0.142 e. The molecule has 0 aliphatic rings. The Labute approximate surface area is 126 Å². The second-order valence-corrected chi connectivity index (χ2v) is 5.96. The normalized spacial score (nSPS) is 12.6. The van der Waals surface area contributed by atoms with Crippen molar-refractivity contribution in [2.45, 2.75) is 25.8 Å². The minimum atomic E-state index is -0.581. The molecular formula is C15H16ClF2NS. The lowest BCUT2D eigenvalue weighted by Crippen LogP contribution is -2.22. The van der Waals surface area contributed by atoms with Crippen LogP contribution in [0.3, 0.4) is 0 Å². The van der Waals surface area contributed by atoms with Crippen LogP contribution in [-0.2, 0) is 6.42 Å². The fraction of sp³-hybridized carbons (Fsp3) is 0.333. The number of hydrogen-bond donors (Lipinski definition) is 1. The van der Waals surface area contributed by atoms with Crippen molar-refractivity contribution in [2.24, 2.45) is 0 Å². The third-order valence-electron chi connectivity index (χ3n) is 3.13. The lowest BCUT2D eigenvalue weighted by atomic mass is 10.0. The zero-order valence-corrected chi connectivity index (χ0v) is 12.7. The summed E-state index contributed by atoms with van der Waals surface area (Å²) in [5, 5.41) is 5.04. The SMILES string of the molecule is CCNC(CCc1cccs1)c1cc(F)c(Cl)cc1F. The largest absolute Gasteiger partial charge is 0.310 e. The van der Waals surface area contributed by atoms with Crippen LogP contribution in [0.4, 0.5) is 8.78 Å². The van der Waals surface area contributed by atoms with Gasteiger partial charge in [0.25, 0.3) is 0 Å². The molecule has 20 heavy (non-hydrogen) atoms. The Morgan fingerprint density at radius 1 is 1.30 bits per heavy atom. The molecule has 0 saturated carbocycles. The van der Waals surface area contributed by atoms with Gasteiger partial charge in [-0.3, -0.25) is 0 Å². The standard InChI is InChI=1S/C15H16ClF2NS/c1-2-19-15(6-5-10-4-3-7-20-10)11-8-14(18)12(16)9-13(11)17/h3-4,7-9,15,19H,2,5-6H2,1H3. The molecule has 1 aromatic heterocycles. The van der Waals surface area contributed by atoms with Crippen LogP contribution in [0.25, 0.3) is 0 Å². The molecule has 0 amide bonds. The number of halogens is 3. The second-order valence-electron chi connectivity index (χ2n) is 4.52. The molecule has 1 heterocycles. The molecule has 0 spiro atoms. The summed E-state index contributed by atoms with van der Waals surface area (Å²) in [6, 6.07) is 6.06. The van der Waals surface area contributed by atoms with E-state index in [9.17, 15) is 8.78 Å². The minimum Gasteiger partial charge on any atom is -0.310 e. The van der Waals surface area contributed by atoms with Crippen LogP contribution < -0.4 is 5.32 Å². The van der Waals surface area contributed by atoms with Crippen molar-refractivity contribution in [3.63, 3.8) is 0 Å². The molecule has 1 unspecified atom stereocenters. The summed E-state index contributed by atoms with van der Waals surface area (Å²) in [5.41, 5.74) is 0.338. The number of nitrogens with one attached hydrogen (secondary N) is 1. The summed E-state index contributed by atoms with van der Waals surface area (Å²) in [5.74, 6) is -1.05. The number of rotatable bonds is 6. The number of benzene rings is 1. The topological polar surface area (TPSA) is 12.0 Å². The predicted octanol–water partition coefficient (Wildman–Crippen LogP) is 4.96. The van der Waals surface area contributed by atoms with E-state index >= 15 is 0 Å². The first kappa shape index (κ1) is 15.4. The van der Waals surface area contributed by atoms with Gasteiger partial charge in [0.05, 0.1) is 5.02 Å². The highest BCUT2D eigenvalue weighted by Crippen LogP contribution is 2.27. The lowest BCUT2D eigenvalue weighted by molar-refractivity contribution is 0.480. The van der Waals surface area contributed by atoms with Gasteiger partial charge >= 0.3 is 0 Å². The van der Waals surface area contributed by atoms with Gasteiger partial charge in [-0.15, -0.1) is 11.3 Å². The van der Waals surface area contributed by atoms with Crippen molar-refractivity contribution in [3.05, 3.63) is 56.7 Å². The summed E-state index contributed by atoms with van der Waals surface area (Å²) in [7, 11) is 0. The molecule has 1 atom stereocenters. The first-order chi connectivity index (χ1) is 9.61. The van der Waals surface area contributed by atoms with Crippen LogP contribution in [0, 0.1) is 11.6 Å². The monoisotopic (exact) mass is 315 g/mol. The van der Waals surface area contributed by atoms with E-state index in [1.807, 2.05) is 24.4 Å². The van der Waals surface area contributed by atoms with Crippen molar-refractivity contribution in [1.82, 2.24) is 5.32 Å².